The summed E-state index contributed by atoms with van der Waals surface area (Å²) in [5.41, 5.74) is 2.61. The van der Waals surface area contributed by atoms with Gasteiger partial charge in [0.1, 0.15) is 18.9 Å². The number of quaternary nitrogens is 1. The predicted molar refractivity (Wildman–Crippen MR) is 75.6 cm³/mol. The monoisotopic (exact) mass is 248 g/mol. The summed E-state index contributed by atoms with van der Waals surface area (Å²) in [5, 5.41) is 0. The molecule has 0 bridgehead atoms. The first-order valence-corrected chi connectivity index (χ1v) is 7.23. The van der Waals surface area contributed by atoms with E-state index in [9.17, 15) is 0 Å². The Kier molecular flexibility index (Phi) is 4.65. The van der Waals surface area contributed by atoms with Crippen LogP contribution in [0.3, 0.4) is 0 Å². The summed E-state index contributed by atoms with van der Waals surface area (Å²) in [5.74, 6) is 1.64. The van der Waals surface area contributed by atoms with Gasteiger partial charge in [0.05, 0.1) is 13.1 Å². The molecule has 1 saturated heterocycles. The second kappa shape index (κ2) is 6.24. The molecule has 0 radical (unpaired) electrons. The zero-order valence-electron chi connectivity index (χ0n) is 12.0. The van der Waals surface area contributed by atoms with Gasteiger partial charge in [0.15, 0.2) is 0 Å². The van der Waals surface area contributed by atoms with Crippen LogP contribution in [0.2, 0.25) is 0 Å². The van der Waals surface area contributed by atoms with Gasteiger partial charge in [-0.1, -0.05) is 26.0 Å². The Morgan fingerprint density at radius 3 is 2.61 bits per heavy atom. The maximum Gasteiger partial charge on any atom is 0.137 e. The lowest BCUT2D eigenvalue weighted by Gasteiger charge is -2.15. The smallest absolute Gasteiger partial charge is 0.137 e. The Morgan fingerprint density at radius 1 is 1.22 bits per heavy atom. The predicted octanol–water partition coefficient (Wildman–Crippen LogP) is 2.18. The van der Waals surface area contributed by atoms with Gasteiger partial charge < -0.3 is 9.64 Å². The molecular formula is C16H26NO+. The fraction of sp³-hybridized carbons (Fsp3) is 0.625. The van der Waals surface area contributed by atoms with Crippen molar-refractivity contribution in [3.05, 3.63) is 29.3 Å². The number of likely N-dealkylation sites (tertiary alicyclic amines) is 1. The Morgan fingerprint density at radius 2 is 1.94 bits per heavy atom. The van der Waals surface area contributed by atoms with Gasteiger partial charge in [-0.2, -0.15) is 0 Å². The number of rotatable bonds is 5. The van der Waals surface area contributed by atoms with Gasteiger partial charge in [0.2, 0.25) is 0 Å². The maximum absolute atomic E-state index is 5.97. The molecule has 1 heterocycles. The highest BCUT2D eigenvalue weighted by atomic mass is 16.5. The van der Waals surface area contributed by atoms with Crippen LogP contribution in [0.5, 0.6) is 5.75 Å². The molecule has 1 aromatic rings. The van der Waals surface area contributed by atoms with E-state index in [1.54, 1.807) is 4.90 Å². The molecule has 0 amide bonds. The molecule has 2 rings (SSSR count). The molecule has 1 aliphatic heterocycles. The van der Waals surface area contributed by atoms with Crippen molar-refractivity contribution >= 4 is 0 Å². The minimum atomic E-state index is 0.567. The summed E-state index contributed by atoms with van der Waals surface area (Å²) in [4.78, 5) is 1.70. The summed E-state index contributed by atoms with van der Waals surface area (Å²) >= 11 is 0. The number of hydrogen-bond acceptors (Lipinski definition) is 1. The first kappa shape index (κ1) is 13.4. The third kappa shape index (κ3) is 3.49. The van der Waals surface area contributed by atoms with E-state index >= 15 is 0 Å². The van der Waals surface area contributed by atoms with Crippen LogP contribution < -0.4 is 9.64 Å². The zero-order chi connectivity index (χ0) is 13.0. The quantitative estimate of drug-likeness (QED) is 0.843. The van der Waals surface area contributed by atoms with Crippen LogP contribution in [0.1, 0.15) is 43.7 Å². The standard InChI is InChI=1S/C16H25NO/c1-13(2)15-7-6-14(3)16(12-15)18-11-10-17-8-4-5-9-17/h6-7,12-13H,4-5,8-11H2,1-3H3/p+1. The highest BCUT2D eigenvalue weighted by Crippen LogP contribution is 2.24. The highest BCUT2D eigenvalue weighted by molar-refractivity contribution is 5.37. The third-order valence-corrected chi connectivity index (χ3v) is 3.90. The molecule has 18 heavy (non-hydrogen) atoms. The van der Waals surface area contributed by atoms with Gasteiger partial charge >= 0.3 is 0 Å². The van der Waals surface area contributed by atoms with Crippen molar-refractivity contribution in [3.63, 3.8) is 0 Å². The molecule has 1 N–H and O–H groups in total. The van der Waals surface area contributed by atoms with Crippen LogP contribution in [0.4, 0.5) is 0 Å². The summed E-state index contributed by atoms with van der Waals surface area (Å²) in [6.45, 7) is 11.2. The topological polar surface area (TPSA) is 13.7 Å². The molecular weight excluding hydrogens is 222 g/mol. The molecule has 1 aromatic carbocycles. The highest BCUT2D eigenvalue weighted by Gasteiger charge is 2.15. The van der Waals surface area contributed by atoms with Crippen molar-refractivity contribution in [2.24, 2.45) is 0 Å². The molecule has 0 unspecified atom stereocenters. The van der Waals surface area contributed by atoms with E-state index in [-0.39, 0.29) is 0 Å². The molecule has 2 nitrogen and oxygen atoms in total. The molecule has 0 aliphatic carbocycles. The average molecular weight is 248 g/mol. The summed E-state index contributed by atoms with van der Waals surface area (Å²) in [6.07, 6.45) is 2.77. The van der Waals surface area contributed by atoms with E-state index in [0.29, 0.717) is 5.92 Å². The van der Waals surface area contributed by atoms with Gasteiger partial charge in [-0.25, -0.2) is 0 Å². The van der Waals surface area contributed by atoms with Crippen LogP contribution in [-0.4, -0.2) is 26.2 Å². The number of benzene rings is 1. The molecule has 1 fully saturated rings. The summed E-state index contributed by atoms with van der Waals surface area (Å²) in [7, 11) is 0. The summed E-state index contributed by atoms with van der Waals surface area (Å²) < 4.78 is 5.97. The first-order valence-electron chi connectivity index (χ1n) is 7.23. The molecule has 0 atom stereocenters. The van der Waals surface area contributed by atoms with E-state index in [1.807, 2.05) is 0 Å². The SMILES string of the molecule is Cc1ccc(C(C)C)cc1OCC[NH+]1CCCC1. The van der Waals surface area contributed by atoms with Crippen LogP contribution in [0, 0.1) is 6.92 Å². The van der Waals surface area contributed by atoms with Crippen molar-refractivity contribution in [3.8, 4) is 5.75 Å². The second-order valence-electron chi connectivity index (χ2n) is 5.74. The second-order valence-corrected chi connectivity index (χ2v) is 5.74. The lowest BCUT2D eigenvalue weighted by Crippen LogP contribution is -3.10. The molecule has 0 aromatic heterocycles. The van der Waals surface area contributed by atoms with E-state index in [0.717, 1.165) is 18.9 Å². The molecule has 2 heteroatoms. The molecule has 0 saturated carbocycles. The molecule has 1 aliphatic rings. The Balaban J connectivity index is 1.89. The van der Waals surface area contributed by atoms with Crippen LogP contribution in [-0.2, 0) is 0 Å². The minimum absolute atomic E-state index is 0.567. The van der Waals surface area contributed by atoms with Crippen LogP contribution in [0.25, 0.3) is 0 Å². The Labute approximate surface area is 111 Å². The Bertz CT molecular complexity index is 381. The van der Waals surface area contributed by atoms with Gasteiger partial charge in [0, 0.05) is 12.8 Å². The van der Waals surface area contributed by atoms with Crippen molar-refractivity contribution in [1.82, 2.24) is 0 Å². The van der Waals surface area contributed by atoms with Gasteiger partial charge in [-0.15, -0.1) is 0 Å². The van der Waals surface area contributed by atoms with E-state index < -0.39 is 0 Å². The number of nitrogens with one attached hydrogen (secondary N) is 1. The fourth-order valence-electron chi connectivity index (χ4n) is 2.56. The first-order chi connectivity index (χ1) is 8.66. The van der Waals surface area contributed by atoms with Crippen molar-refractivity contribution < 1.29 is 9.64 Å². The molecule has 100 valence electrons. The number of aryl methyl sites for hydroxylation is 1. The average Bonchev–Trinajstić information content (AvgIpc) is 2.84. The van der Waals surface area contributed by atoms with Crippen molar-refractivity contribution in [2.75, 3.05) is 26.2 Å². The zero-order valence-corrected chi connectivity index (χ0v) is 12.0. The van der Waals surface area contributed by atoms with Gasteiger partial charge in [-0.05, 0) is 30.0 Å². The lowest BCUT2D eigenvalue weighted by molar-refractivity contribution is -0.887. The summed E-state index contributed by atoms with van der Waals surface area (Å²) in [6, 6.07) is 6.59. The van der Waals surface area contributed by atoms with Gasteiger partial charge in [-0.3, -0.25) is 0 Å². The van der Waals surface area contributed by atoms with E-state index in [4.69, 9.17) is 4.74 Å². The number of ether oxygens (including phenoxy) is 1. The minimum Gasteiger partial charge on any atom is -0.487 e. The van der Waals surface area contributed by atoms with Crippen LogP contribution >= 0.6 is 0 Å². The van der Waals surface area contributed by atoms with Crippen molar-refractivity contribution in [2.45, 2.75) is 39.5 Å². The van der Waals surface area contributed by atoms with Gasteiger partial charge in [0.25, 0.3) is 0 Å². The fourth-order valence-corrected chi connectivity index (χ4v) is 2.56. The van der Waals surface area contributed by atoms with E-state index in [1.165, 1.54) is 37.1 Å². The normalized spacial score (nSPS) is 16.4. The van der Waals surface area contributed by atoms with Crippen molar-refractivity contribution in [1.29, 1.82) is 0 Å². The Hall–Kier alpha value is -1.02. The maximum atomic E-state index is 5.97. The number of hydrogen-bond donors (Lipinski definition) is 1. The third-order valence-electron chi connectivity index (χ3n) is 3.90. The molecule has 0 spiro atoms. The largest absolute Gasteiger partial charge is 0.487 e. The van der Waals surface area contributed by atoms with E-state index in [2.05, 4.69) is 39.0 Å². The van der Waals surface area contributed by atoms with Crippen LogP contribution in [0.15, 0.2) is 18.2 Å². The lowest BCUT2D eigenvalue weighted by atomic mass is 10.0.